The van der Waals surface area contributed by atoms with E-state index in [1.807, 2.05) is 102 Å². The number of fused-ring (bicyclic) bond motifs is 6. The molecule has 0 bridgehead atoms. The number of ether oxygens (including phenoxy) is 2. The maximum Gasteiger partial charge on any atom is 0.409 e. The highest BCUT2D eigenvalue weighted by Gasteiger charge is 2.29. The summed E-state index contributed by atoms with van der Waals surface area (Å²) in [7, 11) is 4.71. The minimum Gasteiger partial charge on any atom is -0.496 e. The predicted octanol–water partition coefficient (Wildman–Crippen LogP) is 7.52. The minimum atomic E-state index is -0.540. The van der Waals surface area contributed by atoms with Crippen LogP contribution < -0.4 is 20.9 Å². The summed E-state index contributed by atoms with van der Waals surface area (Å²) in [4.78, 5) is 49.4. The summed E-state index contributed by atoms with van der Waals surface area (Å²) in [5, 5.41) is 9.64. The monoisotopic (exact) mass is 839 g/mol. The van der Waals surface area contributed by atoms with Gasteiger partial charge in [-0.15, -0.1) is 0 Å². The van der Waals surface area contributed by atoms with Gasteiger partial charge in [0, 0.05) is 34.3 Å². The number of pyridine rings is 4. The first-order valence-electron chi connectivity index (χ1n) is 20.3. The molecule has 0 N–H and O–H groups in total. The van der Waals surface area contributed by atoms with Crippen molar-refractivity contribution in [2.45, 2.75) is 53.6 Å². The molecule has 16 nitrogen and oxygen atoms in total. The van der Waals surface area contributed by atoms with E-state index < -0.39 is 23.5 Å². The fourth-order valence-electron chi connectivity index (χ4n) is 8.91. The Bertz CT molecular complexity index is 3280. The molecule has 17 heteroatoms. The van der Waals surface area contributed by atoms with Crippen LogP contribution in [-0.4, -0.2) is 70.1 Å². The molecule has 0 saturated heterocycles. The quantitative estimate of drug-likeness (QED) is 0.124. The summed E-state index contributed by atoms with van der Waals surface area (Å²) in [5.74, 6) is 2.36. The molecule has 0 spiro atoms. The van der Waals surface area contributed by atoms with Gasteiger partial charge < -0.3 is 27.5 Å². The lowest BCUT2D eigenvalue weighted by molar-refractivity contribution is 0.393. The van der Waals surface area contributed by atoms with Crippen LogP contribution in [0.4, 0.5) is 0 Å². The summed E-state index contributed by atoms with van der Waals surface area (Å²) >= 11 is 0. The average molecular weight is 840 g/mol. The summed E-state index contributed by atoms with van der Waals surface area (Å²) in [6.45, 7) is 11.3. The highest BCUT2D eigenvalue weighted by Crippen LogP contribution is 2.41. The number of hydrogen-bond donors (Lipinski definition) is 0. The minimum absolute atomic E-state index is 0.420. The van der Waals surface area contributed by atoms with Crippen molar-refractivity contribution in [1.29, 1.82) is 0 Å². The first-order valence-corrected chi connectivity index (χ1v) is 20.3. The van der Waals surface area contributed by atoms with Crippen molar-refractivity contribution >= 4 is 51.4 Å². The molecule has 10 aromatic rings. The second-order valence-corrected chi connectivity index (χ2v) is 15.5. The number of aryl methyl sites for hydroxylation is 4. The Morgan fingerprint density at radius 2 is 1.03 bits per heavy atom. The van der Waals surface area contributed by atoms with E-state index in [-0.39, 0.29) is 0 Å². The molecule has 0 aliphatic carbocycles. The molecule has 8 aromatic heterocycles. The largest absolute Gasteiger partial charge is 0.496 e. The molecular weight excluding hydrogens is 799 g/mol. The highest BCUT2D eigenvalue weighted by molar-refractivity contribution is 6.36. The van der Waals surface area contributed by atoms with Crippen molar-refractivity contribution < 1.29 is 18.5 Å². The van der Waals surface area contributed by atoms with Crippen LogP contribution in [-0.2, 0) is 0 Å². The molecule has 1 radical (unpaired) electrons. The number of benzene rings is 2. The van der Waals surface area contributed by atoms with Crippen LogP contribution in [0.3, 0.4) is 0 Å². The fraction of sp³-hybridized carbons (Fsp3) is 0.217. The van der Waals surface area contributed by atoms with Crippen molar-refractivity contribution in [3.05, 3.63) is 141 Å². The van der Waals surface area contributed by atoms with E-state index in [4.69, 9.17) is 28.5 Å². The lowest BCUT2D eigenvalue weighted by atomic mass is 10.00. The number of imidazole rings is 2. The first kappa shape index (κ1) is 39.3. The van der Waals surface area contributed by atoms with Gasteiger partial charge in [-0.3, -0.25) is 29.1 Å². The third-order valence-electron chi connectivity index (χ3n) is 12.0. The van der Waals surface area contributed by atoms with Crippen LogP contribution in [0, 0.1) is 27.7 Å². The molecular formula is C46H40BN10O6. The second-order valence-electron chi connectivity index (χ2n) is 15.5. The van der Waals surface area contributed by atoms with Crippen molar-refractivity contribution in [2.24, 2.45) is 0 Å². The van der Waals surface area contributed by atoms with Crippen molar-refractivity contribution in [3.8, 4) is 33.8 Å². The van der Waals surface area contributed by atoms with Crippen molar-refractivity contribution in [2.75, 3.05) is 14.2 Å². The maximum absolute atomic E-state index is 15.2. The molecule has 0 saturated carbocycles. The molecule has 0 fully saturated rings. The lowest BCUT2D eigenvalue weighted by Crippen LogP contribution is -2.37. The molecule has 8 heterocycles. The van der Waals surface area contributed by atoms with Crippen LogP contribution >= 0.6 is 0 Å². The smallest absolute Gasteiger partial charge is 0.409 e. The van der Waals surface area contributed by atoms with Crippen LogP contribution in [0.5, 0.6) is 11.5 Å². The highest BCUT2D eigenvalue weighted by atomic mass is 16.5. The summed E-state index contributed by atoms with van der Waals surface area (Å²) in [6.07, 6.45) is 6.69. The maximum atomic E-state index is 15.2. The molecule has 0 aliphatic heterocycles. The number of methoxy groups -OCH3 is 2. The SMILES string of the molecule is COc1cc2c(cc1-c1c(C)noc1C)ncc1c2n([C@H](C)c2ccccn2)c(=O)n1[B]n1c(=O)n([C@H](C)c2ccccn2)c2c3cc(OC)c(-c4c(C)noc4C)cc3ncc21. The predicted molar refractivity (Wildman–Crippen MR) is 239 cm³/mol. The Hall–Kier alpha value is -7.82. The molecule has 2 atom stereocenters. The van der Waals surface area contributed by atoms with Crippen LogP contribution in [0.25, 0.3) is 66.1 Å². The zero-order valence-electron chi connectivity index (χ0n) is 35.7. The molecule has 0 unspecified atom stereocenters. The second kappa shape index (κ2) is 15.0. The van der Waals surface area contributed by atoms with Gasteiger partial charge in [-0.1, -0.05) is 22.4 Å². The Kier molecular flexibility index (Phi) is 9.35. The van der Waals surface area contributed by atoms with Crippen LogP contribution in [0.1, 0.15) is 60.2 Å². The molecule has 10 rings (SSSR count). The Morgan fingerprint density at radius 1 is 0.603 bits per heavy atom. The Labute approximate surface area is 359 Å². The van der Waals surface area contributed by atoms with E-state index in [1.54, 1.807) is 48.1 Å². The van der Waals surface area contributed by atoms with E-state index in [9.17, 15) is 0 Å². The zero-order chi connectivity index (χ0) is 43.8. The summed E-state index contributed by atoms with van der Waals surface area (Å²) in [5.41, 5.74) is 8.27. The zero-order valence-corrected chi connectivity index (χ0v) is 35.7. The van der Waals surface area contributed by atoms with Gasteiger partial charge >= 0.3 is 18.9 Å². The molecule has 313 valence electrons. The summed E-state index contributed by atoms with van der Waals surface area (Å²) < 4.78 is 29.3. The molecule has 63 heavy (non-hydrogen) atoms. The number of hydrogen-bond acceptors (Lipinski definition) is 12. The van der Waals surface area contributed by atoms with Gasteiger partial charge in [0.2, 0.25) is 0 Å². The van der Waals surface area contributed by atoms with E-state index in [0.29, 0.717) is 89.7 Å². The van der Waals surface area contributed by atoms with Gasteiger partial charge in [-0.2, -0.15) is 0 Å². The summed E-state index contributed by atoms with van der Waals surface area (Å²) in [6, 6.07) is 17.7. The first-order chi connectivity index (χ1) is 30.5. The van der Waals surface area contributed by atoms with Crippen LogP contribution in [0.2, 0.25) is 0 Å². The van der Waals surface area contributed by atoms with Gasteiger partial charge in [-0.05, 0) is 90.1 Å². The third kappa shape index (κ3) is 6.05. The normalized spacial score (nSPS) is 12.8. The van der Waals surface area contributed by atoms with Crippen LogP contribution in [0.15, 0.2) is 104 Å². The van der Waals surface area contributed by atoms with Gasteiger partial charge in [0.05, 0.1) is 106 Å². The third-order valence-corrected chi connectivity index (χ3v) is 12.0. The number of nitrogens with zero attached hydrogens (tertiary/aromatic N) is 10. The standard InChI is InChI=1S/C46H40BN10O6/c1-23-41(27(5)62-52-23)31-17-35-29(19-39(31)60-7)43-37(21-50-35)56(45(58)54(43)25(3)33-13-9-11-15-48-33)47-57-38-22-51-36-18-32(42-24(2)53-63-28(42)6)40(61-8)20-30(36)44(38)55(46(57)59)26(4)34-14-10-12-16-49-34/h9-22,25-26H,1-8H3/t25-,26-/m1/s1. The lowest BCUT2D eigenvalue weighted by Gasteiger charge is -2.15. The van der Waals surface area contributed by atoms with E-state index in [0.717, 1.165) is 22.3 Å². The van der Waals surface area contributed by atoms with Crippen molar-refractivity contribution in [3.63, 3.8) is 0 Å². The Balaban J connectivity index is 1.24. The fourth-order valence-corrected chi connectivity index (χ4v) is 8.91. The molecule has 0 aliphatic rings. The van der Waals surface area contributed by atoms with E-state index in [2.05, 4.69) is 20.3 Å². The number of rotatable bonds is 10. The molecule has 0 amide bonds. The Morgan fingerprint density at radius 3 is 1.38 bits per heavy atom. The topological polar surface area (TPSA) is 176 Å². The molecule has 2 aromatic carbocycles. The average Bonchev–Trinajstić information content (AvgIpc) is 4.00. The van der Waals surface area contributed by atoms with E-state index >= 15 is 9.59 Å². The van der Waals surface area contributed by atoms with Crippen molar-refractivity contribution in [1.82, 2.24) is 48.3 Å². The number of aromatic nitrogens is 10. The van der Waals surface area contributed by atoms with Gasteiger partial charge in [0.1, 0.15) is 23.0 Å². The van der Waals surface area contributed by atoms with E-state index in [1.165, 1.54) is 16.5 Å². The van der Waals surface area contributed by atoms with Gasteiger partial charge in [0.25, 0.3) is 0 Å². The van der Waals surface area contributed by atoms with Gasteiger partial charge in [0.15, 0.2) is 0 Å². The van der Waals surface area contributed by atoms with Gasteiger partial charge in [-0.25, -0.2) is 9.59 Å².